The van der Waals surface area contributed by atoms with Crippen LogP contribution in [0.3, 0.4) is 0 Å². The summed E-state index contributed by atoms with van der Waals surface area (Å²) in [6, 6.07) is 12.0. The van der Waals surface area contributed by atoms with Gasteiger partial charge >= 0.3 is 5.97 Å². The van der Waals surface area contributed by atoms with Crippen LogP contribution < -0.4 is 5.32 Å². The lowest BCUT2D eigenvalue weighted by Crippen LogP contribution is -2.17. The van der Waals surface area contributed by atoms with Gasteiger partial charge in [-0.2, -0.15) is 0 Å². The summed E-state index contributed by atoms with van der Waals surface area (Å²) in [6.07, 6.45) is 2.32. The molecule has 0 radical (unpaired) electrons. The molecule has 0 heterocycles. The number of anilines is 1. The van der Waals surface area contributed by atoms with Crippen molar-refractivity contribution < 1.29 is 19.1 Å². The van der Waals surface area contributed by atoms with Crippen LogP contribution in [0.2, 0.25) is 0 Å². The van der Waals surface area contributed by atoms with E-state index in [-0.39, 0.29) is 18.3 Å². The molecule has 2 N–H and O–H groups in total. The molecular formula is C23H22N2O4. The second kappa shape index (κ2) is 8.65. The standard InChI is InChI=1S/C23H22N2O4/c1-3-29-21(26)13-18-9-8-17-12-19(10-11-20(17)22(18)27)25-23(28)16-6-4-15(5-7-16)14(2)24/h4-7,10-13,24H,3,8-9H2,1-2H3,(H,25,28). The molecule has 0 aliphatic heterocycles. The van der Waals surface area contributed by atoms with Gasteiger partial charge in [0.1, 0.15) is 0 Å². The molecule has 0 fully saturated rings. The van der Waals surface area contributed by atoms with Crippen molar-refractivity contribution in [1.82, 2.24) is 0 Å². The number of ketones is 1. The summed E-state index contributed by atoms with van der Waals surface area (Å²) < 4.78 is 4.88. The molecule has 6 nitrogen and oxygen atoms in total. The molecule has 0 atom stereocenters. The average Bonchev–Trinajstić information content (AvgIpc) is 2.70. The normalized spacial score (nSPS) is 14.3. The fraction of sp³-hybridized carbons (Fsp3) is 0.217. The molecule has 1 amide bonds. The number of esters is 1. The smallest absolute Gasteiger partial charge is 0.331 e. The highest BCUT2D eigenvalue weighted by Crippen LogP contribution is 2.28. The van der Waals surface area contributed by atoms with Crippen molar-refractivity contribution >= 4 is 29.1 Å². The van der Waals surface area contributed by atoms with Crippen molar-refractivity contribution in [3.8, 4) is 0 Å². The van der Waals surface area contributed by atoms with Crippen LogP contribution in [0, 0.1) is 5.41 Å². The Morgan fingerprint density at radius 1 is 1.10 bits per heavy atom. The van der Waals surface area contributed by atoms with Gasteiger partial charge < -0.3 is 15.5 Å². The van der Waals surface area contributed by atoms with Crippen LogP contribution in [-0.2, 0) is 16.0 Å². The molecule has 1 aliphatic carbocycles. The number of rotatable bonds is 5. The first kappa shape index (κ1) is 20.2. The lowest BCUT2D eigenvalue weighted by molar-refractivity contribution is -0.137. The number of amides is 1. The van der Waals surface area contributed by atoms with Crippen LogP contribution in [0.1, 0.15) is 52.1 Å². The van der Waals surface area contributed by atoms with Crippen LogP contribution in [0.15, 0.2) is 54.1 Å². The van der Waals surface area contributed by atoms with E-state index in [0.717, 1.165) is 11.1 Å². The third-order valence-corrected chi connectivity index (χ3v) is 4.72. The molecule has 0 saturated carbocycles. The largest absolute Gasteiger partial charge is 0.463 e. The zero-order valence-electron chi connectivity index (χ0n) is 16.4. The van der Waals surface area contributed by atoms with Crippen molar-refractivity contribution in [1.29, 1.82) is 5.41 Å². The van der Waals surface area contributed by atoms with Crippen LogP contribution in [0.25, 0.3) is 0 Å². The molecule has 0 bridgehead atoms. The molecule has 3 rings (SSSR count). The molecule has 0 unspecified atom stereocenters. The molecule has 0 aromatic heterocycles. The summed E-state index contributed by atoms with van der Waals surface area (Å²) in [7, 11) is 0. The number of ether oxygens (including phenoxy) is 1. The molecule has 1 aliphatic rings. The maximum atomic E-state index is 12.6. The number of carbonyl (C=O) groups is 3. The molecule has 148 valence electrons. The Bertz CT molecular complexity index is 1020. The van der Waals surface area contributed by atoms with Crippen LogP contribution in [-0.4, -0.2) is 30.0 Å². The average molecular weight is 390 g/mol. The summed E-state index contributed by atoms with van der Waals surface area (Å²) in [6.45, 7) is 3.67. The van der Waals surface area contributed by atoms with Gasteiger partial charge in [-0.05, 0) is 68.1 Å². The van der Waals surface area contributed by atoms with Gasteiger partial charge in [-0.25, -0.2) is 4.79 Å². The van der Waals surface area contributed by atoms with Gasteiger partial charge in [-0.1, -0.05) is 12.1 Å². The van der Waals surface area contributed by atoms with Crippen LogP contribution >= 0.6 is 0 Å². The third-order valence-electron chi connectivity index (χ3n) is 4.72. The second-order valence-electron chi connectivity index (χ2n) is 6.78. The highest BCUT2D eigenvalue weighted by atomic mass is 16.5. The minimum absolute atomic E-state index is 0.185. The minimum atomic E-state index is -0.507. The van der Waals surface area contributed by atoms with E-state index >= 15 is 0 Å². The Kier molecular flexibility index (Phi) is 6.02. The second-order valence-corrected chi connectivity index (χ2v) is 6.78. The summed E-state index contributed by atoms with van der Waals surface area (Å²) >= 11 is 0. The first-order valence-corrected chi connectivity index (χ1v) is 9.41. The Labute approximate surface area is 169 Å². The molecule has 0 saturated heterocycles. The van der Waals surface area contributed by atoms with E-state index in [1.54, 1.807) is 56.3 Å². The van der Waals surface area contributed by atoms with Crippen LogP contribution in [0.4, 0.5) is 5.69 Å². The zero-order chi connectivity index (χ0) is 21.0. The maximum absolute atomic E-state index is 12.6. The Morgan fingerprint density at radius 3 is 2.45 bits per heavy atom. The number of hydrogen-bond acceptors (Lipinski definition) is 5. The van der Waals surface area contributed by atoms with Crippen LogP contribution in [0.5, 0.6) is 0 Å². The van der Waals surface area contributed by atoms with E-state index in [1.807, 2.05) is 0 Å². The highest BCUT2D eigenvalue weighted by Gasteiger charge is 2.23. The molecule has 0 spiro atoms. The number of hydrogen-bond donors (Lipinski definition) is 2. The lowest BCUT2D eigenvalue weighted by atomic mass is 9.86. The van der Waals surface area contributed by atoms with Gasteiger partial charge in [0.2, 0.25) is 0 Å². The van der Waals surface area contributed by atoms with Gasteiger partial charge in [0, 0.05) is 34.2 Å². The highest BCUT2D eigenvalue weighted by molar-refractivity contribution is 6.13. The summed E-state index contributed by atoms with van der Waals surface area (Å²) in [5.41, 5.74) is 4.11. The SMILES string of the molecule is CCOC(=O)C=C1CCc2cc(NC(=O)c3ccc(C(C)=N)cc3)ccc2C1=O. The number of fused-ring (bicyclic) bond motifs is 1. The van der Waals surface area contributed by atoms with E-state index in [1.165, 1.54) is 6.08 Å². The van der Waals surface area contributed by atoms with Crippen molar-refractivity contribution in [2.24, 2.45) is 0 Å². The molecule has 6 heteroatoms. The minimum Gasteiger partial charge on any atom is -0.463 e. The van der Waals surface area contributed by atoms with Gasteiger partial charge in [0.25, 0.3) is 5.91 Å². The summed E-state index contributed by atoms with van der Waals surface area (Å²) in [5, 5.41) is 10.5. The fourth-order valence-corrected chi connectivity index (χ4v) is 3.19. The zero-order valence-corrected chi connectivity index (χ0v) is 16.4. The Balaban J connectivity index is 1.74. The molecule has 2 aromatic rings. The Hall–Kier alpha value is -3.54. The van der Waals surface area contributed by atoms with Crippen molar-refractivity contribution in [2.45, 2.75) is 26.7 Å². The number of Topliss-reactive ketones (excluding diaryl/α,β-unsaturated/α-hetero) is 1. The van der Waals surface area contributed by atoms with Crippen molar-refractivity contribution in [3.05, 3.63) is 76.4 Å². The quantitative estimate of drug-likeness (QED) is 0.459. The van der Waals surface area contributed by atoms with E-state index in [2.05, 4.69) is 5.32 Å². The van der Waals surface area contributed by atoms with Crippen molar-refractivity contribution in [3.63, 3.8) is 0 Å². The van der Waals surface area contributed by atoms with Crippen molar-refractivity contribution in [2.75, 3.05) is 11.9 Å². The van der Waals surface area contributed by atoms with Gasteiger partial charge in [0.05, 0.1) is 6.61 Å². The third kappa shape index (κ3) is 4.66. The lowest BCUT2D eigenvalue weighted by Gasteiger charge is -2.18. The summed E-state index contributed by atoms with van der Waals surface area (Å²) in [5.74, 6) is -0.952. The predicted octanol–water partition coefficient (Wildman–Crippen LogP) is 3.95. The number of carbonyl (C=O) groups excluding carboxylic acids is 3. The van der Waals surface area contributed by atoms with E-state index in [0.29, 0.717) is 40.9 Å². The van der Waals surface area contributed by atoms with E-state index in [9.17, 15) is 14.4 Å². The first-order valence-electron chi connectivity index (χ1n) is 9.41. The number of allylic oxidation sites excluding steroid dienone is 1. The Morgan fingerprint density at radius 2 is 1.79 bits per heavy atom. The monoisotopic (exact) mass is 390 g/mol. The predicted molar refractivity (Wildman–Crippen MR) is 111 cm³/mol. The summed E-state index contributed by atoms with van der Waals surface area (Å²) in [4.78, 5) is 36.7. The number of nitrogens with one attached hydrogen (secondary N) is 2. The fourth-order valence-electron chi connectivity index (χ4n) is 3.19. The molecular weight excluding hydrogens is 368 g/mol. The van der Waals surface area contributed by atoms with Gasteiger partial charge in [-0.15, -0.1) is 0 Å². The van der Waals surface area contributed by atoms with Gasteiger partial charge in [0.15, 0.2) is 5.78 Å². The molecule has 29 heavy (non-hydrogen) atoms. The maximum Gasteiger partial charge on any atom is 0.331 e. The molecule has 2 aromatic carbocycles. The van der Waals surface area contributed by atoms with Gasteiger partial charge in [-0.3, -0.25) is 9.59 Å². The first-order chi connectivity index (χ1) is 13.9. The topological polar surface area (TPSA) is 96.3 Å². The number of benzene rings is 2. The van der Waals surface area contributed by atoms with E-state index in [4.69, 9.17) is 10.1 Å². The number of aryl methyl sites for hydroxylation is 1. The van der Waals surface area contributed by atoms with E-state index < -0.39 is 5.97 Å².